The minimum atomic E-state index is 0.154. The van der Waals surface area contributed by atoms with Gasteiger partial charge in [-0.3, -0.25) is 0 Å². The summed E-state index contributed by atoms with van der Waals surface area (Å²) in [6.45, 7) is 0.563. The van der Waals surface area contributed by atoms with Crippen molar-refractivity contribution in [3.05, 3.63) is 49.5 Å². The quantitative estimate of drug-likeness (QED) is 0.685. The van der Waals surface area contributed by atoms with Gasteiger partial charge in [-0.05, 0) is 58.5 Å². The fourth-order valence-corrected chi connectivity index (χ4v) is 2.86. The minimum Gasteiger partial charge on any atom is -0.504 e. The van der Waals surface area contributed by atoms with Crippen molar-refractivity contribution in [2.45, 2.75) is 6.54 Å². The zero-order chi connectivity index (χ0) is 14.7. The number of hydrogen-bond acceptors (Lipinski definition) is 3. The van der Waals surface area contributed by atoms with E-state index in [0.29, 0.717) is 22.3 Å². The van der Waals surface area contributed by atoms with Crippen LogP contribution >= 0.6 is 45.8 Å². The molecule has 20 heavy (non-hydrogen) atoms. The van der Waals surface area contributed by atoms with Gasteiger partial charge in [-0.2, -0.15) is 0 Å². The van der Waals surface area contributed by atoms with Crippen molar-refractivity contribution in [3.63, 3.8) is 0 Å². The standard InChI is InChI=1S/C14H12Cl2INO2/c1-20-13-5-8(4-11(17)14(13)19)7-18-12-3-2-9(15)6-10(12)16/h2-6,18-19H,7H2,1H3. The molecule has 0 fully saturated rings. The molecule has 2 rings (SSSR count). The predicted molar refractivity (Wildman–Crippen MR) is 91.2 cm³/mol. The molecule has 0 radical (unpaired) electrons. The molecule has 0 aliphatic rings. The summed E-state index contributed by atoms with van der Waals surface area (Å²) in [6, 6.07) is 8.96. The van der Waals surface area contributed by atoms with E-state index in [9.17, 15) is 5.11 Å². The smallest absolute Gasteiger partial charge is 0.171 e. The molecule has 0 saturated carbocycles. The summed E-state index contributed by atoms with van der Waals surface area (Å²) in [7, 11) is 1.53. The molecule has 0 spiro atoms. The Morgan fingerprint density at radius 2 is 2.00 bits per heavy atom. The third-order valence-corrected chi connectivity index (χ3v) is 4.09. The third-order valence-electron chi connectivity index (χ3n) is 2.72. The first-order valence-corrected chi connectivity index (χ1v) is 7.59. The van der Waals surface area contributed by atoms with Crippen molar-refractivity contribution in [2.24, 2.45) is 0 Å². The maximum atomic E-state index is 9.79. The molecule has 0 atom stereocenters. The molecule has 0 heterocycles. The van der Waals surface area contributed by atoms with Gasteiger partial charge in [0.2, 0.25) is 0 Å². The summed E-state index contributed by atoms with van der Waals surface area (Å²) in [5.74, 6) is 0.609. The maximum Gasteiger partial charge on any atom is 0.171 e. The Labute approximate surface area is 141 Å². The highest BCUT2D eigenvalue weighted by Gasteiger charge is 2.09. The maximum absolute atomic E-state index is 9.79. The van der Waals surface area contributed by atoms with Crippen molar-refractivity contribution in [1.29, 1.82) is 0 Å². The first kappa shape index (κ1) is 15.5. The number of anilines is 1. The number of ether oxygens (including phenoxy) is 1. The molecule has 2 N–H and O–H groups in total. The Kier molecular flexibility index (Phi) is 5.23. The van der Waals surface area contributed by atoms with Crippen LogP contribution in [0.25, 0.3) is 0 Å². The minimum absolute atomic E-state index is 0.154. The van der Waals surface area contributed by atoms with Gasteiger partial charge in [0, 0.05) is 11.6 Å². The van der Waals surface area contributed by atoms with Crippen molar-refractivity contribution >= 4 is 51.5 Å². The van der Waals surface area contributed by atoms with E-state index in [2.05, 4.69) is 27.9 Å². The van der Waals surface area contributed by atoms with Crippen LogP contribution in [0.3, 0.4) is 0 Å². The van der Waals surface area contributed by atoms with Crippen LogP contribution in [-0.2, 0) is 6.54 Å². The fraction of sp³-hybridized carbons (Fsp3) is 0.143. The van der Waals surface area contributed by atoms with Crippen LogP contribution in [0.2, 0.25) is 10.0 Å². The summed E-state index contributed by atoms with van der Waals surface area (Å²) in [6.07, 6.45) is 0. The Balaban J connectivity index is 2.16. The Hall–Kier alpha value is -0.850. The van der Waals surface area contributed by atoms with Crippen molar-refractivity contribution in [1.82, 2.24) is 0 Å². The molecule has 2 aromatic carbocycles. The summed E-state index contributed by atoms with van der Waals surface area (Å²) < 4.78 is 5.87. The molecular formula is C14H12Cl2INO2. The van der Waals surface area contributed by atoms with E-state index in [0.717, 1.165) is 14.8 Å². The largest absolute Gasteiger partial charge is 0.504 e. The summed E-state index contributed by atoms with van der Waals surface area (Å²) in [5, 5.41) is 14.2. The second-order valence-corrected chi connectivity index (χ2v) is 6.11. The van der Waals surface area contributed by atoms with Crippen molar-refractivity contribution in [3.8, 4) is 11.5 Å². The van der Waals surface area contributed by atoms with Gasteiger partial charge in [-0.25, -0.2) is 0 Å². The third kappa shape index (κ3) is 3.62. The monoisotopic (exact) mass is 423 g/mol. The molecule has 0 aliphatic heterocycles. The highest BCUT2D eigenvalue weighted by atomic mass is 127. The highest BCUT2D eigenvalue weighted by molar-refractivity contribution is 14.1. The van der Waals surface area contributed by atoms with Gasteiger partial charge in [0.05, 0.1) is 21.4 Å². The number of hydrogen-bond donors (Lipinski definition) is 2. The molecule has 2 aromatic rings. The molecule has 0 aliphatic carbocycles. The van der Waals surface area contributed by atoms with Crippen LogP contribution in [0.5, 0.6) is 11.5 Å². The molecule has 106 valence electrons. The molecule has 3 nitrogen and oxygen atoms in total. The molecular weight excluding hydrogens is 412 g/mol. The number of halogens is 3. The molecule has 0 amide bonds. The van der Waals surface area contributed by atoms with E-state index in [1.165, 1.54) is 7.11 Å². The highest BCUT2D eigenvalue weighted by Crippen LogP contribution is 2.33. The van der Waals surface area contributed by atoms with Crippen molar-refractivity contribution in [2.75, 3.05) is 12.4 Å². The van der Waals surface area contributed by atoms with Crippen LogP contribution in [0.1, 0.15) is 5.56 Å². The second kappa shape index (κ2) is 6.74. The lowest BCUT2D eigenvalue weighted by Gasteiger charge is -2.11. The van der Waals surface area contributed by atoms with Gasteiger partial charge in [-0.1, -0.05) is 23.2 Å². The zero-order valence-corrected chi connectivity index (χ0v) is 14.3. The number of nitrogens with one attached hydrogen (secondary N) is 1. The molecule has 0 bridgehead atoms. The van der Waals surface area contributed by atoms with E-state index >= 15 is 0 Å². The molecule has 0 saturated heterocycles. The summed E-state index contributed by atoms with van der Waals surface area (Å²) >= 11 is 14.0. The number of phenolic OH excluding ortho intramolecular Hbond substituents is 1. The second-order valence-electron chi connectivity index (χ2n) is 4.11. The summed E-state index contributed by atoms with van der Waals surface area (Å²) in [4.78, 5) is 0. The summed E-state index contributed by atoms with van der Waals surface area (Å²) in [5.41, 5.74) is 1.79. The Morgan fingerprint density at radius 1 is 1.25 bits per heavy atom. The molecule has 0 unspecified atom stereocenters. The van der Waals surface area contributed by atoms with Crippen LogP contribution in [0, 0.1) is 3.57 Å². The Morgan fingerprint density at radius 3 is 2.65 bits per heavy atom. The van der Waals surface area contributed by atoms with Crippen LogP contribution < -0.4 is 10.1 Å². The Bertz CT molecular complexity index is 635. The van der Waals surface area contributed by atoms with E-state index in [4.69, 9.17) is 27.9 Å². The van der Waals surface area contributed by atoms with E-state index in [1.807, 2.05) is 12.1 Å². The van der Waals surface area contributed by atoms with Gasteiger partial charge in [0.15, 0.2) is 11.5 Å². The van der Waals surface area contributed by atoms with E-state index < -0.39 is 0 Å². The lowest BCUT2D eigenvalue weighted by atomic mass is 10.2. The van der Waals surface area contributed by atoms with Gasteiger partial charge >= 0.3 is 0 Å². The fourth-order valence-electron chi connectivity index (χ4n) is 1.72. The van der Waals surface area contributed by atoms with Crippen LogP contribution in [0.4, 0.5) is 5.69 Å². The lowest BCUT2D eigenvalue weighted by molar-refractivity contribution is 0.371. The topological polar surface area (TPSA) is 41.5 Å². The number of rotatable bonds is 4. The molecule has 6 heteroatoms. The predicted octanol–water partition coefficient (Wildman–Crippen LogP) is 4.92. The SMILES string of the molecule is COc1cc(CNc2ccc(Cl)cc2Cl)cc(I)c1O. The first-order chi connectivity index (χ1) is 9.51. The number of aromatic hydroxyl groups is 1. The molecule has 0 aromatic heterocycles. The average Bonchev–Trinajstić information content (AvgIpc) is 2.41. The van der Waals surface area contributed by atoms with E-state index in [1.54, 1.807) is 18.2 Å². The number of benzene rings is 2. The van der Waals surface area contributed by atoms with Crippen LogP contribution in [-0.4, -0.2) is 12.2 Å². The van der Waals surface area contributed by atoms with Gasteiger partial charge < -0.3 is 15.2 Å². The van der Waals surface area contributed by atoms with Crippen LogP contribution in [0.15, 0.2) is 30.3 Å². The normalized spacial score (nSPS) is 10.4. The van der Waals surface area contributed by atoms with Gasteiger partial charge in [0.1, 0.15) is 0 Å². The van der Waals surface area contributed by atoms with Gasteiger partial charge in [0.25, 0.3) is 0 Å². The average molecular weight is 424 g/mol. The number of phenols is 1. The first-order valence-electron chi connectivity index (χ1n) is 5.75. The van der Waals surface area contributed by atoms with Crippen molar-refractivity contribution < 1.29 is 9.84 Å². The van der Waals surface area contributed by atoms with E-state index in [-0.39, 0.29) is 5.75 Å². The zero-order valence-electron chi connectivity index (χ0n) is 10.6. The van der Waals surface area contributed by atoms with Gasteiger partial charge in [-0.15, -0.1) is 0 Å². The number of methoxy groups -OCH3 is 1. The lowest BCUT2D eigenvalue weighted by Crippen LogP contribution is -2.01.